The molecule has 0 saturated heterocycles. The molecule has 13 heteroatoms. The standard InChI is InChI=1S/C34H45N5O7S/c1-7-10-15-30-36-34(8-2,22-35-31(40)21-44-6)33(41)39(30)19-25-16-17-27(26(18-25)20-45-9-3)28-13-11-12-14-29(28)47(42,43)38-32-23(4)24(5)46-37-32/h11-14,16-18H,7-10,15,19-22H2,1-6H3,(H,35,40)(H,37,38)/t34-/m0/s1. The summed E-state index contributed by atoms with van der Waals surface area (Å²) in [6.07, 6.45) is 2.85. The van der Waals surface area contributed by atoms with Gasteiger partial charge in [-0.2, -0.15) is 0 Å². The molecule has 2 N–H and O–H groups in total. The highest BCUT2D eigenvalue weighted by molar-refractivity contribution is 7.92. The maximum Gasteiger partial charge on any atom is 0.263 e. The molecule has 0 bridgehead atoms. The molecule has 2 heterocycles. The highest BCUT2D eigenvalue weighted by Crippen LogP contribution is 2.34. The molecule has 4 rings (SSSR count). The van der Waals surface area contributed by atoms with Crippen molar-refractivity contribution in [1.82, 2.24) is 15.4 Å². The highest BCUT2D eigenvalue weighted by Gasteiger charge is 2.46. The van der Waals surface area contributed by atoms with E-state index >= 15 is 0 Å². The SMILES string of the molecule is CCCCC1=N[C@@](CC)(CNC(=O)COC)C(=O)N1Cc1ccc(-c2ccccc2S(=O)(=O)Nc2noc(C)c2C)c(COCC)c1. The number of amides is 2. The zero-order valence-corrected chi connectivity index (χ0v) is 28.8. The van der Waals surface area contributed by atoms with Crippen molar-refractivity contribution in [1.29, 1.82) is 0 Å². The lowest BCUT2D eigenvalue weighted by molar-refractivity contribution is -0.132. The summed E-state index contributed by atoms with van der Waals surface area (Å²) in [5.41, 5.74) is 2.30. The van der Waals surface area contributed by atoms with E-state index in [0.29, 0.717) is 47.7 Å². The summed E-state index contributed by atoms with van der Waals surface area (Å²) in [5.74, 6) is 0.879. The zero-order chi connectivity index (χ0) is 34.2. The second kappa shape index (κ2) is 15.7. The number of benzene rings is 2. The normalized spacial score (nSPS) is 16.4. The van der Waals surface area contributed by atoms with Crippen LogP contribution in [0.4, 0.5) is 5.82 Å². The monoisotopic (exact) mass is 667 g/mol. The van der Waals surface area contributed by atoms with Gasteiger partial charge < -0.3 is 19.3 Å². The van der Waals surface area contributed by atoms with E-state index in [1.807, 2.05) is 32.0 Å². The van der Waals surface area contributed by atoms with Gasteiger partial charge in [0.25, 0.3) is 15.9 Å². The molecule has 1 aliphatic rings. The Balaban J connectivity index is 1.69. The second-order valence-corrected chi connectivity index (χ2v) is 13.2. The van der Waals surface area contributed by atoms with Gasteiger partial charge in [-0.15, -0.1) is 0 Å². The molecule has 1 aliphatic heterocycles. The molecule has 0 fully saturated rings. The fraction of sp³-hybridized carbons (Fsp3) is 0.471. The second-order valence-electron chi connectivity index (χ2n) is 11.6. The first-order valence-electron chi connectivity index (χ1n) is 15.9. The van der Waals surface area contributed by atoms with Crippen molar-refractivity contribution in [2.75, 3.05) is 31.6 Å². The number of carbonyl (C=O) groups excluding carboxylic acids is 2. The third-order valence-corrected chi connectivity index (χ3v) is 9.71. The van der Waals surface area contributed by atoms with Crippen LogP contribution in [0.5, 0.6) is 0 Å². The molecule has 1 aromatic heterocycles. The van der Waals surface area contributed by atoms with Crippen molar-refractivity contribution in [3.8, 4) is 11.1 Å². The van der Waals surface area contributed by atoms with Gasteiger partial charge >= 0.3 is 0 Å². The van der Waals surface area contributed by atoms with E-state index in [9.17, 15) is 18.0 Å². The van der Waals surface area contributed by atoms with Gasteiger partial charge in [0, 0.05) is 31.3 Å². The number of hydrogen-bond acceptors (Lipinski definition) is 9. The van der Waals surface area contributed by atoms with Crippen LogP contribution in [-0.2, 0) is 42.2 Å². The molecule has 1 atom stereocenters. The molecule has 0 spiro atoms. The molecule has 2 amide bonds. The first-order chi connectivity index (χ1) is 22.5. The fourth-order valence-corrected chi connectivity index (χ4v) is 6.73. The van der Waals surface area contributed by atoms with Gasteiger partial charge in [-0.05, 0) is 56.4 Å². The van der Waals surface area contributed by atoms with Gasteiger partial charge in [0.15, 0.2) is 11.4 Å². The smallest absolute Gasteiger partial charge is 0.263 e. The Morgan fingerprint density at radius 1 is 1.09 bits per heavy atom. The topological polar surface area (TPSA) is 152 Å². The van der Waals surface area contributed by atoms with Crippen molar-refractivity contribution in [2.45, 2.75) is 83.9 Å². The van der Waals surface area contributed by atoms with Crippen LogP contribution in [0.2, 0.25) is 0 Å². The van der Waals surface area contributed by atoms with Gasteiger partial charge in [-0.3, -0.25) is 24.2 Å². The van der Waals surface area contributed by atoms with Crippen LogP contribution in [0, 0.1) is 13.8 Å². The molecule has 0 saturated carbocycles. The quantitative estimate of drug-likeness (QED) is 0.201. The molecule has 0 unspecified atom stereocenters. The maximum atomic E-state index is 14.0. The summed E-state index contributed by atoms with van der Waals surface area (Å²) in [7, 11) is -2.60. The summed E-state index contributed by atoms with van der Waals surface area (Å²) in [4.78, 5) is 32.9. The number of anilines is 1. The van der Waals surface area contributed by atoms with Crippen molar-refractivity contribution in [2.24, 2.45) is 4.99 Å². The van der Waals surface area contributed by atoms with Crippen LogP contribution in [0.3, 0.4) is 0 Å². The number of sulfonamides is 1. The average molecular weight is 668 g/mol. The van der Waals surface area contributed by atoms with E-state index in [-0.39, 0.29) is 48.8 Å². The number of aliphatic imine (C=N–C) groups is 1. The van der Waals surface area contributed by atoms with Gasteiger partial charge in [0.1, 0.15) is 18.2 Å². The number of aryl methyl sites for hydroxylation is 1. The predicted octanol–water partition coefficient (Wildman–Crippen LogP) is 5.14. The number of rotatable bonds is 17. The Morgan fingerprint density at radius 2 is 1.85 bits per heavy atom. The third-order valence-electron chi connectivity index (χ3n) is 8.32. The molecule has 0 aliphatic carbocycles. The minimum atomic E-state index is -4.04. The first kappa shape index (κ1) is 35.8. The number of carbonyl (C=O) groups is 2. The molecule has 47 heavy (non-hydrogen) atoms. The number of nitrogens with one attached hydrogen (secondary N) is 2. The van der Waals surface area contributed by atoms with Crippen LogP contribution in [0.1, 0.15) is 68.9 Å². The number of aromatic nitrogens is 1. The van der Waals surface area contributed by atoms with E-state index < -0.39 is 15.6 Å². The Bertz CT molecular complexity index is 1720. The number of amidine groups is 1. The summed E-state index contributed by atoms with van der Waals surface area (Å²) in [6.45, 7) is 10.3. The van der Waals surface area contributed by atoms with Crippen molar-refractivity contribution >= 4 is 33.5 Å². The number of methoxy groups -OCH3 is 1. The number of unbranched alkanes of at least 4 members (excludes halogenated alkanes) is 1. The molecule has 3 aromatic rings. The fourth-order valence-electron chi connectivity index (χ4n) is 5.45. The summed E-state index contributed by atoms with van der Waals surface area (Å²) < 4.78 is 45.8. The summed E-state index contributed by atoms with van der Waals surface area (Å²) in [6, 6.07) is 12.5. The third kappa shape index (κ3) is 8.09. The van der Waals surface area contributed by atoms with Crippen LogP contribution in [0.15, 0.2) is 56.9 Å². The Hall–Kier alpha value is -4.07. The lowest BCUT2D eigenvalue weighted by Gasteiger charge is -2.26. The van der Waals surface area contributed by atoms with Crippen molar-refractivity contribution < 1.29 is 32.0 Å². The van der Waals surface area contributed by atoms with Crippen LogP contribution in [-0.4, -0.2) is 68.5 Å². The number of nitrogens with zero attached hydrogens (tertiary/aromatic N) is 3. The van der Waals surface area contributed by atoms with E-state index in [1.54, 1.807) is 43.0 Å². The van der Waals surface area contributed by atoms with E-state index in [0.717, 1.165) is 24.0 Å². The molecule has 254 valence electrons. The molecule has 2 aromatic carbocycles. The minimum absolute atomic E-state index is 0.0810. The van der Waals surface area contributed by atoms with Gasteiger partial charge in [-0.25, -0.2) is 8.42 Å². The predicted molar refractivity (Wildman–Crippen MR) is 179 cm³/mol. The van der Waals surface area contributed by atoms with E-state index in [4.69, 9.17) is 19.0 Å². The van der Waals surface area contributed by atoms with Crippen LogP contribution < -0.4 is 10.0 Å². The molecular weight excluding hydrogens is 622 g/mol. The van der Waals surface area contributed by atoms with Crippen LogP contribution >= 0.6 is 0 Å². The number of ether oxygens (including phenoxy) is 2. The summed E-state index contributed by atoms with van der Waals surface area (Å²) in [5, 5.41) is 6.67. The van der Waals surface area contributed by atoms with Crippen LogP contribution in [0.25, 0.3) is 11.1 Å². The summed E-state index contributed by atoms with van der Waals surface area (Å²) >= 11 is 0. The van der Waals surface area contributed by atoms with E-state index in [2.05, 4.69) is 22.1 Å². The lowest BCUT2D eigenvalue weighted by atomic mass is 9.95. The van der Waals surface area contributed by atoms with Crippen molar-refractivity contribution in [3.05, 3.63) is 64.9 Å². The first-order valence-corrected chi connectivity index (χ1v) is 17.4. The lowest BCUT2D eigenvalue weighted by Crippen LogP contribution is -2.49. The largest absolute Gasteiger partial charge is 0.377 e. The number of hydrogen-bond donors (Lipinski definition) is 2. The Kier molecular flexibility index (Phi) is 11.9. The van der Waals surface area contributed by atoms with Gasteiger partial charge in [0.05, 0.1) is 24.6 Å². The van der Waals surface area contributed by atoms with E-state index in [1.165, 1.54) is 7.11 Å². The Morgan fingerprint density at radius 3 is 2.51 bits per heavy atom. The highest BCUT2D eigenvalue weighted by atomic mass is 32.2. The van der Waals surface area contributed by atoms with Crippen molar-refractivity contribution in [3.63, 3.8) is 0 Å². The van der Waals surface area contributed by atoms with Gasteiger partial charge in [0.2, 0.25) is 5.91 Å². The Labute approximate surface area is 277 Å². The molecule has 12 nitrogen and oxygen atoms in total. The zero-order valence-electron chi connectivity index (χ0n) is 28.0. The van der Waals surface area contributed by atoms with Gasteiger partial charge in [-0.1, -0.05) is 61.8 Å². The minimum Gasteiger partial charge on any atom is -0.377 e. The maximum absolute atomic E-state index is 14.0. The molecular formula is C34H45N5O7S. The average Bonchev–Trinajstić information content (AvgIpc) is 3.51. The molecule has 0 radical (unpaired) electrons.